The topological polar surface area (TPSA) is 70.4 Å². The molecule has 1 fully saturated rings. The fraction of sp³-hybridized carbons (Fsp3) is 0.733. The number of rotatable bonds is 6. The number of hydrogen-bond acceptors (Lipinski definition) is 3. The number of hydrogen-bond donors (Lipinski definition) is 2. The van der Waals surface area contributed by atoms with Gasteiger partial charge in [-0.1, -0.05) is 13.3 Å². The molecule has 6 heteroatoms. The monoisotopic (exact) mass is 294 g/mol. The van der Waals surface area contributed by atoms with Gasteiger partial charge in [0, 0.05) is 45.0 Å². The van der Waals surface area contributed by atoms with E-state index in [0.29, 0.717) is 19.0 Å². The lowest BCUT2D eigenvalue weighted by molar-refractivity contribution is 0.113. The van der Waals surface area contributed by atoms with Crippen LogP contribution in [0.1, 0.15) is 26.2 Å². The molecule has 1 saturated carbocycles. The van der Waals surface area contributed by atoms with E-state index in [2.05, 4.69) is 17.3 Å². The molecule has 6 nitrogen and oxygen atoms in total. The fourth-order valence-corrected chi connectivity index (χ4v) is 2.85. The molecule has 21 heavy (non-hydrogen) atoms. The van der Waals surface area contributed by atoms with E-state index in [1.807, 2.05) is 16.9 Å². The van der Waals surface area contributed by atoms with E-state index >= 15 is 0 Å². The van der Waals surface area contributed by atoms with Crippen LogP contribution in [-0.2, 0) is 6.54 Å². The third-order valence-corrected chi connectivity index (χ3v) is 4.13. The Labute approximate surface area is 126 Å². The van der Waals surface area contributed by atoms with Crippen LogP contribution >= 0.6 is 0 Å². The zero-order chi connectivity index (χ0) is 15.2. The minimum absolute atomic E-state index is 0.0681. The average Bonchev–Trinajstić information content (AvgIpc) is 3.09. The van der Waals surface area contributed by atoms with Gasteiger partial charge in [0.1, 0.15) is 0 Å². The third-order valence-electron chi connectivity index (χ3n) is 4.13. The molecule has 2 N–H and O–H groups in total. The van der Waals surface area contributed by atoms with Crippen LogP contribution in [0.15, 0.2) is 18.5 Å². The highest BCUT2D eigenvalue weighted by Crippen LogP contribution is 2.25. The summed E-state index contributed by atoms with van der Waals surface area (Å²) in [6, 6.07) is 1.83. The molecular weight excluding hydrogens is 268 g/mol. The van der Waals surface area contributed by atoms with Gasteiger partial charge >= 0.3 is 6.03 Å². The highest BCUT2D eigenvalue weighted by atomic mass is 16.3. The Hall–Kier alpha value is -1.56. The summed E-state index contributed by atoms with van der Waals surface area (Å²) in [5.41, 5.74) is 0. The van der Waals surface area contributed by atoms with Crippen LogP contribution in [0, 0.1) is 11.8 Å². The lowest BCUT2D eigenvalue weighted by atomic mass is 10.1. The molecule has 1 aliphatic carbocycles. The van der Waals surface area contributed by atoms with Crippen molar-refractivity contribution in [2.75, 3.05) is 20.1 Å². The molecule has 0 aliphatic heterocycles. The second-order valence-corrected chi connectivity index (χ2v) is 6.16. The standard InChI is InChI=1S/C15H26N4O2/c1-12(10-19-8-4-7-17-19)9-16-15(21)18(2)11-13-5-3-6-14(13)20/h4,7-8,12-14,20H,3,5-6,9-11H2,1-2H3,(H,16,21). The molecule has 1 aliphatic rings. The zero-order valence-corrected chi connectivity index (χ0v) is 12.9. The Morgan fingerprint density at radius 3 is 3.00 bits per heavy atom. The maximum atomic E-state index is 12.1. The number of nitrogens with one attached hydrogen (secondary N) is 1. The maximum absolute atomic E-state index is 12.1. The van der Waals surface area contributed by atoms with Crippen LogP contribution in [0.4, 0.5) is 4.79 Å². The van der Waals surface area contributed by atoms with E-state index in [0.717, 1.165) is 25.8 Å². The summed E-state index contributed by atoms with van der Waals surface area (Å²) in [5, 5.41) is 16.9. The number of carbonyl (C=O) groups excluding carboxylic acids is 1. The number of aliphatic hydroxyl groups excluding tert-OH is 1. The summed E-state index contributed by atoms with van der Waals surface area (Å²) < 4.78 is 1.87. The van der Waals surface area contributed by atoms with Gasteiger partial charge in [-0.3, -0.25) is 4.68 Å². The first kappa shape index (κ1) is 15.8. The predicted octanol–water partition coefficient (Wildman–Crippen LogP) is 1.32. The molecule has 1 aromatic rings. The summed E-state index contributed by atoms with van der Waals surface area (Å²) >= 11 is 0. The van der Waals surface area contributed by atoms with Crippen molar-refractivity contribution < 1.29 is 9.90 Å². The summed E-state index contributed by atoms with van der Waals surface area (Å²) in [5.74, 6) is 0.543. The Balaban J connectivity index is 1.68. The molecule has 1 heterocycles. The number of aromatic nitrogens is 2. The van der Waals surface area contributed by atoms with Crippen LogP contribution in [0.25, 0.3) is 0 Å². The van der Waals surface area contributed by atoms with Crippen molar-refractivity contribution in [1.82, 2.24) is 20.0 Å². The first-order valence-corrected chi connectivity index (χ1v) is 7.70. The van der Waals surface area contributed by atoms with Gasteiger partial charge in [0.2, 0.25) is 0 Å². The molecule has 3 unspecified atom stereocenters. The third kappa shape index (κ3) is 4.74. The van der Waals surface area contributed by atoms with Crippen molar-refractivity contribution in [2.24, 2.45) is 11.8 Å². The summed E-state index contributed by atoms with van der Waals surface area (Å²) in [4.78, 5) is 13.7. The Morgan fingerprint density at radius 1 is 1.57 bits per heavy atom. The molecule has 2 rings (SSSR count). The van der Waals surface area contributed by atoms with Gasteiger partial charge in [0.25, 0.3) is 0 Å². The quantitative estimate of drug-likeness (QED) is 0.831. The van der Waals surface area contributed by atoms with Gasteiger partial charge < -0.3 is 15.3 Å². The van der Waals surface area contributed by atoms with E-state index in [9.17, 15) is 9.90 Å². The molecule has 1 aromatic heterocycles. The highest BCUT2D eigenvalue weighted by Gasteiger charge is 2.27. The van der Waals surface area contributed by atoms with Crippen LogP contribution in [0.3, 0.4) is 0 Å². The lowest BCUT2D eigenvalue weighted by Crippen LogP contribution is -2.42. The SMILES string of the molecule is CC(CNC(=O)N(C)CC1CCCC1O)Cn1cccn1. The normalized spacial score (nSPS) is 23.0. The summed E-state index contributed by atoms with van der Waals surface area (Å²) in [6.45, 7) is 4.12. The van der Waals surface area contributed by atoms with Gasteiger partial charge in [0.05, 0.1) is 6.10 Å². The van der Waals surface area contributed by atoms with E-state index in [-0.39, 0.29) is 18.1 Å². The minimum atomic E-state index is -0.251. The molecule has 0 spiro atoms. The molecule has 2 amide bonds. The van der Waals surface area contributed by atoms with Crippen molar-refractivity contribution in [2.45, 2.75) is 38.8 Å². The maximum Gasteiger partial charge on any atom is 0.317 e. The molecule has 0 saturated heterocycles. The van der Waals surface area contributed by atoms with E-state index < -0.39 is 0 Å². The van der Waals surface area contributed by atoms with Crippen molar-refractivity contribution in [3.63, 3.8) is 0 Å². The number of urea groups is 1. The number of nitrogens with zero attached hydrogens (tertiary/aromatic N) is 3. The molecule has 0 bridgehead atoms. The van der Waals surface area contributed by atoms with Crippen molar-refractivity contribution in [3.05, 3.63) is 18.5 Å². The van der Waals surface area contributed by atoms with Gasteiger partial charge in [-0.25, -0.2) is 4.79 Å². The smallest absolute Gasteiger partial charge is 0.317 e. The van der Waals surface area contributed by atoms with Gasteiger partial charge in [-0.05, 0) is 24.8 Å². The van der Waals surface area contributed by atoms with E-state index in [4.69, 9.17) is 0 Å². The van der Waals surface area contributed by atoms with Gasteiger partial charge in [0.15, 0.2) is 0 Å². The van der Waals surface area contributed by atoms with Crippen molar-refractivity contribution in [1.29, 1.82) is 0 Å². The highest BCUT2D eigenvalue weighted by molar-refractivity contribution is 5.73. The first-order valence-electron chi connectivity index (χ1n) is 7.70. The average molecular weight is 294 g/mol. The Bertz CT molecular complexity index is 435. The molecule has 0 aromatic carbocycles. The number of carbonyl (C=O) groups is 1. The zero-order valence-electron chi connectivity index (χ0n) is 12.9. The van der Waals surface area contributed by atoms with Gasteiger partial charge in [-0.2, -0.15) is 5.10 Å². The van der Waals surface area contributed by atoms with E-state index in [1.54, 1.807) is 18.1 Å². The molecule has 3 atom stereocenters. The van der Waals surface area contributed by atoms with Crippen LogP contribution in [0.2, 0.25) is 0 Å². The summed E-state index contributed by atoms with van der Waals surface area (Å²) in [7, 11) is 1.79. The molecule has 118 valence electrons. The fourth-order valence-electron chi connectivity index (χ4n) is 2.85. The number of amides is 2. The van der Waals surface area contributed by atoms with Crippen molar-refractivity contribution >= 4 is 6.03 Å². The lowest BCUT2D eigenvalue weighted by Gasteiger charge is -2.24. The predicted molar refractivity (Wildman–Crippen MR) is 80.8 cm³/mol. The van der Waals surface area contributed by atoms with Crippen LogP contribution in [-0.4, -0.2) is 52.1 Å². The second kappa shape index (κ2) is 7.45. The molecular formula is C15H26N4O2. The largest absolute Gasteiger partial charge is 0.393 e. The van der Waals surface area contributed by atoms with Gasteiger partial charge in [-0.15, -0.1) is 0 Å². The van der Waals surface area contributed by atoms with Crippen molar-refractivity contribution in [3.8, 4) is 0 Å². The Kier molecular flexibility index (Phi) is 5.61. The van der Waals surface area contributed by atoms with Crippen LogP contribution in [0.5, 0.6) is 0 Å². The van der Waals surface area contributed by atoms with E-state index in [1.165, 1.54) is 0 Å². The summed E-state index contributed by atoms with van der Waals surface area (Å²) in [6.07, 6.45) is 6.36. The second-order valence-electron chi connectivity index (χ2n) is 6.16. The Morgan fingerprint density at radius 2 is 2.38 bits per heavy atom. The number of aliphatic hydroxyl groups is 1. The van der Waals surface area contributed by atoms with Crippen LogP contribution < -0.4 is 5.32 Å². The minimum Gasteiger partial charge on any atom is -0.393 e. The first-order chi connectivity index (χ1) is 10.1. The molecule has 0 radical (unpaired) electrons.